The Bertz CT molecular complexity index is 452. The van der Waals surface area contributed by atoms with Gasteiger partial charge in [-0.15, -0.1) is 6.58 Å². The minimum Gasteiger partial charge on any atom is -0.270 e. The van der Waals surface area contributed by atoms with Gasteiger partial charge in [0.05, 0.1) is 25.2 Å². The van der Waals surface area contributed by atoms with Crippen molar-refractivity contribution in [2.45, 2.75) is 38.2 Å². The van der Waals surface area contributed by atoms with E-state index in [9.17, 15) is 16.8 Å². The van der Waals surface area contributed by atoms with Crippen molar-refractivity contribution in [3.63, 3.8) is 0 Å². The van der Waals surface area contributed by atoms with Crippen LogP contribution in [0.2, 0.25) is 0 Å². The summed E-state index contributed by atoms with van der Waals surface area (Å²) in [7, 11) is -7.07. The van der Waals surface area contributed by atoms with Gasteiger partial charge in [0, 0.05) is 0 Å². The topological polar surface area (TPSA) is 86.7 Å². The summed E-state index contributed by atoms with van der Waals surface area (Å²) < 4.78 is 53.3. The SMILES string of the molecule is C=CCCCCC(CCOS(C)(=O)=O)OS(C)(=O)=O. The molecule has 0 aromatic rings. The third-order valence-electron chi connectivity index (χ3n) is 2.23. The third-order valence-corrected chi connectivity index (χ3v) is 3.45. The summed E-state index contributed by atoms with van der Waals surface area (Å²) in [6, 6.07) is 0. The molecule has 6 nitrogen and oxygen atoms in total. The molecule has 0 aliphatic rings. The fourth-order valence-corrected chi connectivity index (χ4v) is 2.57. The van der Waals surface area contributed by atoms with Gasteiger partial charge in [0.15, 0.2) is 0 Å². The number of allylic oxidation sites excluding steroid dienone is 1. The summed E-state index contributed by atoms with van der Waals surface area (Å²) in [4.78, 5) is 0. The lowest BCUT2D eigenvalue weighted by Crippen LogP contribution is -2.20. The first-order valence-electron chi connectivity index (χ1n) is 5.97. The maximum absolute atomic E-state index is 11.1. The average Bonchev–Trinajstić information content (AvgIpc) is 2.20. The molecule has 114 valence electrons. The second kappa shape index (κ2) is 8.68. The van der Waals surface area contributed by atoms with E-state index in [0.717, 1.165) is 31.8 Å². The molecule has 0 saturated carbocycles. The molecule has 0 amide bonds. The maximum atomic E-state index is 11.1. The monoisotopic (exact) mass is 314 g/mol. The molecule has 0 fully saturated rings. The predicted octanol–water partition coefficient (Wildman–Crippen LogP) is 1.44. The van der Waals surface area contributed by atoms with Gasteiger partial charge in [-0.1, -0.05) is 12.5 Å². The van der Waals surface area contributed by atoms with E-state index in [0.29, 0.717) is 6.42 Å². The maximum Gasteiger partial charge on any atom is 0.264 e. The number of hydrogen-bond donors (Lipinski definition) is 0. The summed E-state index contributed by atoms with van der Waals surface area (Å²) in [6.45, 7) is 3.52. The van der Waals surface area contributed by atoms with E-state index in [4.69, 9.17) is 4.18 Å². The molecule has 0 saturated heterocycles. The zero-order valence-electron chi connectivity index (χ0n) is 11.4. The zero-order valence-corrected chi connectivity index (χ0v) is 13.0. The third kappa shape index (κ3) is 13.8. The van der Waals surface area contributed by atoms with Crippen LogP contribution in [0.3, 0.4) is 0 Å². The molecule has 19 heavy (non-hydrogen) atoms. The highest BCUT2D eigenvalue weighted by Gasteiger charge is 2.16. The highest BCUT2D eigenvalue weighted by atomic mass is 32.2. The van der Waals surface area contributed by atoms with Crippen molar-refractivity contribution < 1.29 is 25.2 Å². The van der Waals surface area contributed by atoms with E-state index in [1.165, 1.54) is 0 Å². The van der Waals surface area contributed by atoms with Gasteiger partial charge < -0.3 is 0 Å². The first-order chi connectivity index (χ1) is 8.64. The van der Waals surface area contributed by atoms with E-state index >= 15 is 0 Å². The quantitative estimate of drug-likeness (QED) is 0.326. The minimum absolute atomic E-state index is 0.0829. The van der Waals surface area contributed by atoms with Crippen LogP contribution < -0.4 is 0 Å². The second-order valence-corrected chi connectivity index (χ2v) is 7.55. The molecule has 0 aromatic carbocycles. The first-order valence-corrected chi connectivity index (χ1v) is 9.61. The zero-order chi connectivity index (χ0) is 14.9. The Morgan fingerprint density at radius 1 is 1.05 bits per heavy atom. The van der Waals surface area contributed by atoms with Crippen LogP contribution in [0.15, 0.2) is 12.7 Å². The van der Waals surface area contributed by atoms with Crippen LogP contribution in [-0.2, 0) is 28.6 Å². The predicted molar refractivity (Wildman–Crippen MR) is 73.8 cm³/mol. The Morgan fingerprint density at radius 3 is 2.16 bits per heavy atom. The first kappa shape index (κ1) is 18.6. The summed E-state index contributed by atoms with van der Waals surface area (Å²) in [5.74, 6) is 0. The van der Waals surface area contributed by atoms with Crippen molar-refractivity contribution in [1.29, 1.82) is 0 Å². The van der Waals surface area contributed by atoms with Crippen LogP contribution >= 0.6 is 0 Å². The largest absolute Gasteiger partial charge is 0.270 e. The average molecular weight is 314 g/mol. The van der Waals surface area contributed by atoms with Crippen molar-refractivity contribution in [3.05, 3.63) is 12.7 Å². The molecule has 0 aromatic heterocycles. The van der Waals surface area contributed by atoms with Crippen molar-refractivity contribution in [2.24, 2.45) is 0 Å². The van der Waals surface area contributed by atoms with Crippen molar-refractivity contribution in [2.75, 3.05) is 19.1 Å². The molecule has 0 bridgehead atoms. The molecule has 1 atom stereocenters. The number of rotatable bonds is 11. The summed E-state index contributed by atoms with van der Waals surface area (Å²) in [5, 5.41) is 0. The van der Waals surface area contributed by atoms with E-state index in [2.05, 4.69) is 10.8 Å². The minimum atomic E-state index is -3.56. The summed E-state index contributed by atoms with van der Waals surface area (Å²) in [5.41, 5.74) is 0. The standard InChI is InChI=1S/C11H22O6S2/c1-4-5-6-7-8-11(17-19(3,14)15)9-10-16-18(2,12)13/h4,11H,1,5-10H2,2-3H3. The lowest BCUT2D eigenvalue weighted by Gasteiger charge is -2.15. The van der Waals surface area contributed by atoms with Gasteiger partial charge in [0.2, 0.25) is 0 Å². The van der Waals surface area contributed by atoms with Crippen LogP contribution in [0, 0.1) is 0 Å². The van der Waals surface area contributed by atoms with Crippen LogP contribution in [0.5, 0.6) is 0 Å². The van der Waals surface area contributed by atoms with Gasteiger partial charge in [-0.05, 0) is 25.7 Å². The lowest BCUT2D eigenvalue weighted by atomic mass is 10.1. The van der Waals surface area contributed by atoms with Gasteiger partial charge in [0.1, 0.15) is 0 Å². The van der Waals surface area contributed by atoms with E-state index < -0.39 is 26.3 Å². The van der Waals surface area contributed by atoms with Gasteiger partial charge in [0.25, 0.3) is 20.2 Å². The Hall–Kier alpha value is -0.440. The van der Waals surface area contributed by atoms with Crippen LogP contribution in [0.1, 0.15) is 32.1 Å². The fourth-order valence-electron chi connectivity index (χ4n) is 1.48. The Labute approximate surface area is 116 Å². The van der Waals surface area contributed by atoms with E-state index in [1.807, 2.05) is 0 Å². The molecule has 0 aliphatic heterocycles. The summed E-state index contributed by atoms with van der Waals surface area (Å²) >= 11 is 0. The Morgan fingerprint density at radius 2 is 1.68 bits per heavy atom. The van der Waals surface area contributed by atoms with Gasteiger partial charge in [-0.25, -0.2) is 0 Å². The molecule has 0 radical (unpaired) electrons. The Balaban J connectivity index is 4.21. The summed E-state index contributed by atoms with van der Waals surface area (Å²) in [6.07, 6.45) is 6.43. The van der Waals surface area contributed by atoms with Crippen LogP contribution in [-0.4, -0.2) is 42.1 Å². The van der Waals surface area contributed by atoms with Crippen molar-refractivity contribution in [3.8, 4) is 0 Å². The van der Waals surface area contributed by atoms with Gasteiger partial charge in [-0.2, -0.15) is 16.8 Å². The van der Waals surface area contributed by atoms with Crippen LogP contribution in [0.25, 0.3) is 0 Å². The molecule has 0 rings (SSSR count). The molecule has 8 heteroatoms. The van der Waals surface area contributed by atoms with Crippen LogP contribution in [0.4, 0.5) is 0 Å². The highest BCUT2D eigenvalue weighted by molar-refractivity contribution is 7.86. The number of unbranched alkanes of at least 4 members (excludes halogenated alkanes) is 2. The highest BCUT2D eigenvalue weighted by Crippen LogP contribution is 2.13. The Kier molecular flexibility index (Phi) is 8.47. The van der Waals surface area contributed by atoms with Gasteiger partial charge in [-0.3, -0.25) is 8.37 Å². The second-order valence-electron chi connectivity index (χ2n) is 4.31. The molecule has 0 aliphatic carbocycles. The molecule has 0 N–H and O–H groups in total. The molecule has 0 heterocycles. The molecular formula is C11H22O6S2. The van der Waals surface area contributed by atoms with Crippen molar-refractivity contribution >= 4 is 20.2 Å². The number of hydrogen-bond acceptors (Lipinski definition) is 6. The fraction of sp³-hybridized carbons (Fsp3) is 0.818. The molecule has 1 unspecified atom stereocenters. The lowest BCUT2D eigenvalue weighted by molar-refractivity contribution is 0.160. The molecule has 0 spiro atoms. The smallest absolute Gasteiger partial charge is 0.264 e. The van der Waals surface area contributed by atoms with Crippen molar-refractivity contribution in [1.82, 2.24) is 0 Å². The van der Waals surface area contributed by atoms with Gasteiger partial charge >= 0.3 is 0 Å². The normalized spacial score (nSPS) is 14.2. The van der Waals surface area contributed by atoms with E-state index in [1.54, 1.807) is 6.08 Å². The van der Waals surface area contributed by atoms with E-state index in [-0.39, 0.29) is 13.0 Å². The molecular weight excluding hydrogens is 292 g/mol.